The summed E-state index contributed by atoms with van der Waals surface area (Å²) in [5, 5.41) is 9.88. The van der Waals surface area contributed by atoms with Crippen LogP contribution in [-0.2, 0) is 9.47 Å². The molecule has 0 spiro atoms. The van der Waals surface area contributed by atoms with Gasteiger partial charge in [0.1, 0.15) is 0 Å². The molecule has 0 radical (unpaired) electrons. The fourth-order valence-corrected chi connectivity index (χ4v) is 1.57. The Labute approximate surface area is 105 Å². The minimum absolute atomic E-state index is 0.330. The van der Waals surface area contributed by atoms with E-state index in [0.29, 0.717) is 19.7 Å². The average Bonchev–Trinajstić information content (AvgIpc) is 2.26. The summed E-state index contributed by atoms with van der Waals surface area (Å²) in [5.41, 5.74) is 0. The number of hydrogen-bond acceptors (Lipinski definition) is 5. The first-order valence-electron chi connectivity index (χ1n) is 6.22. The first-order chi connectivity index (χ1) is 8.10. The molecule has 104 valence electrons. The molecule has 1 unspecified atom stereocenters. The molecule has 0 aromatic carbocycles. The Balaban J connectivity index is 3.58. The normalized spacial score (nSPS) is 13.6. The minimum atomic E-state index is -0.330. The Morgan fingerprint density at radius 3 is 2.06 bits per heavy atom. The summed E-state index contributed by atoms with van der Waals surface area (Å²) in [6.07, 6.45) is -0.330. The summed E-state index contributed by atoms with van der Waals surface area (Å²) in [6.45, 7) is 7.19. The summed E-state index contributed by atoms with van der Waals surface area (Å²) in [6, 6.07) is 0. The highest BCUT2D eigenvalue weighted by Gasteiger charge is 2.10. The van der Waals surface area contributed by atoms with Crippen LogP contribution < -0.4 is 0 Å². The topological polar surface area (TPSA) is 45.2 Å². The Morgan fingerprint density at radius 2 is 1.59 bits per heavy atom. The molecule has 0 aromatic heterocycles. The predicted molar refractivity (Wildman–Crippen MR) is 69.4 cm³/mol. The van der Waals surface area contributed by atoms with Crippen LogP contribution in [0.25, 0.3) is 0 Å². The van der Waals surface area contributed by atoms with E-state index in [1.54, 1.807) is 7.11 Å². The van der Waals surface area contributed by atoms with Crippen molar-refractivity contribution in [3.8, 4) is 0 Å². The zero-order valence-electron chi connectivity index (χ0n) is 11.7. The van der Waals surface area contributed by atoms with E-state index in [0.717, 1.165) is 26.3 Å². The highest BCUT2D eigenvalue weighted by molar-refractivity contribution is 4.65. The lowest BCUT2D eigenvalue weighted by Crippen LogP contribution is -2.39. The van der Waals surface area contributed by atoms with Crippen molar-refractivity contribution in [2.45, 2.75) is 13.0 Å². The summed E-state index contributed by atoms with van der Waals surface area (Å²) >= 11 is 0. The largest absolute Gasteiger partial charge is 0.390 e. The monoisotopic (exact) mass is 248 g/mol. The maximum atomic E-state index is 9.88. The van der Waals surface area contributed by atoms with Crippen molar-refractivity contribution in [1.29, 1.82) is 0 Å². The van der Waals surface area contributed by atoms with Crippen LogP contribution in [0, 0.1) is 0 Å². The molecule has 0 amide bonds. The van der Waals surface area contributed by atoms with Gasteiger partial charge in [-0.05, 0) is 21.0 Å². The number of hydrogen-bond donors (Lipinski definition) is 1. The van der Waals surface area contributed by atoms with Gasteiger partial charge in [-0.2, -0.15) is 0 Å². The van der Waals surface area contributed by atoms with E-state index in [-0.39, 0.29) is 6.10 Å². The molecule has 0 heterocycles. The fraction of sp³-hybridized carbons (Fsp3) is 1.00. The van der Waals surface area contributed by atoms with Crippen molar-refractivity contribution in [2.24, 2.45) is 0 Å². The number of nitrogens with zero attached hydrogens (tertiary/aromatic N) is 2. The molecule has 17 heavy (non-hydrogen) atoms. The molecule has 0 aliphatic rings. The van der Waals surface area contributed by atoms with Crippen LogP contribution in [0.15, 0.2) is 0 Å². The van der Waals surface area contributed by atoms with Gasteiger partial charge in [0, 0.05) is 39.9 Å². The maximum absolute atomic E-state index is 9.88. The van der Waals surface area contributed by atoms with Crippen LogP contribution in [0.4, 0.5) is 0 Å². The number of rotatable bonds is 11. The summed E-state index contributed by atoms with van der Waals surface area (Å²) in [4.78, 5) is 4.16. The average molecular weight is 248 g/mol. The number of aliphatic hydroxyl groups excluding tert-OH is 1. The van der Waals surface area contributed by atoms with Gasteiger partial charge in [-0.15, -0.1) is 0 Å². The van der Waals surface area contributed by atoms with Crippen molar-refractivity contribution in [1.82, 2.24) is 9.80 Å². The Morgan fingerprint density at radius 1 is 1.06 bits per heavy atom. The molecule has 0 saturated carbocycles. The fourth-order valence-electron chi connectivity index (χ4n) is 1.57. The summed E-state index contributed by atoms with van der Waals surface area (Å²) in [5.74, 6) is 0. The number of likely N-dealkylation sites (N-methyl/N-ethyl adjacent to an activating group) is 2. The molecule has 1 atom stereocenters. The smallest absolute Gasteiger partial charge is 0.0793 e. The lowest BCUT2D eigenvalue weighted by Gasteiger charge is -2.24. The molecule has 0 saturated heterocycles. The maximum Gasteiger partial charge on any atom is 0.0793 e. The molecular weight excluding hydrogens is 220 g/mol. The molecule has 0 aromatic rings. The van der Waals surface area contributed by atoms with Gasteiger partial charge in [-0.25, -0.2) is 0 Å². The molecule has 0 aliphatic heterocycles. The van der Waals surface area contributed by atoms with Crippen LogP contribution in [0.2, 0.25) is 0 Å². The zero-order chi connectivity index (χ0) is 13.1. The van der Waals surface area contributed by atoms with Crippen LogP contribution in [0.5, 0.6) is 0 Å². The Kier molecular flexibility index (Phi) is 10.8. The highest BCUT2D eigenvalue weighted by Crippen LogP contribution is 1.93. The highest BCUT2D eigenvalue weighted by atomic mass is 16.5. The number of methoxy groups -OCH3 is 1. The molecule has 0 bridgehead atoms. The van der Waals surface area contributed by atoms with Crippen LogP contribution in [0.1, 0.15) is 6.92 Å². The van der Waals surface area contributed by atoms with E-state index in [2.05, 4.69) is 9.80 Å². The van der Waals surface area contributed by atoms with E-state index >= 15 is 0 Å². The quantitative estimate of drug-likeness (QED) is 0.517. The van der Waals surface area contributed by atoms with Gasteiger partial charge in [-0.3, -0.25) is 0 Å². The van der Waals surface area contributed by atoms with Crippen LogP contribution in [-0.4, -0.2) is 88.2 Å². The molecule has 0 aliphatic carbocycles. The van der Waals surface area contributed by atoms with E-state index < -0.39 is 0 Å². The van der Waals surface area contributed by atoms with Crippen molar-refractivity contribution in [2.75, 3.05) is 67.2 Å². The minimum Gasteiger partial charge on any atom is -0.390 e. The third kappa shape index (κ3) is 10.7. The molecule has 5 nitrogen and oxygen atoms in total. The summed E-state index contributed by atoms with van der Waals surface area (Å²) < 4.78 is 10.3. The first-order valence-corrected chi connectivity index (χ1v) is 6.22. The number of aliphatic hydroxyl groups is 1. The van der Waals surface area contributed by atoms with E-state index in [1.807, 2.05) is 21.0 Å². The van der Waals surface area contributed by atoms with Gasteiger partial charge >= 0.3 is 0 Å². The second-order valence-corrected chi connectivity index (χ2v) is 4.37. The Hall–Kier alpha value is -0.200. The zero-order valence-corrected chi connectivity index (χ0v) is 11.7. The van der Waals surface area contributed by atoms with Crippen molar-refractivity contribution >= 4 is 0 Å². The second kappa shape index (κ2) is 10.9. The van der Waals surface area contributed by atoms with Gasteiger partial charge < -0.3 is 24.4 Å². The van der Waals surface area contributed by atoms with Crippen molar-refractivity contribution in [3.05, 3.63) is 0 Å². The van der Waals surface area contributed by atoms with E-state index in [4.69, 9.17) is 9.47 Å². The van der Waals surface area contributed by atoms with Gasteiger partial charge in [0.15, 0.2) is 0 Å². The van der Waals surface area contributed by atoms with Gasteiger partial charge in [0.2, 0.25) is 0 Å². The SMILES string of the molecule is CCOCCN(C)CC(O)CN(C)CCOC. The summed E-state index contributed by atoms with van der Waals surface area (Å²) in [7, 11) is 5.67. The van der Waals surface area contributed by atoms with Crippen molar-refractivity contribution < 1.29 is 14.6 Å². The third-order valence-corrected chi connectivity index (χ3v) is 2.54. The van der Waals surface area contributed by atoms with Crippen LogP contribution in [0.3, 0.4) is 0 Å². The van der Waals surface area contributed by atoms with Crippen LogP contribution >= 0.6 is 0 Å². The molecule has 1 N–H and O–H groups in total. The predicted octanol–water partition coefficient (Wildman–Crippen LogP) is -0.106. The van der Waals surface area contributed by atoms with Crippen molar-refractivity contribution in [3.63, 3.8) is 0 Å². The second-order valence-electron chi connectivity index (χ2n) is 4.37. The lowest BCUT2D eigenvalue weighted by atomic mass is 10.3. The standard InChI is InChI=1S/C12H28N2O3/c1-5-17-9-7-14(3)11-12(15)10-13(2)6-8-16-4/h12,15H,5-11H2,1-4H3. The van der Waals surface area contributed by atoms with E-state index in [1.165, 1.54) is 0 Å². The van der Waals surface area contributed by atoms with Gasteiger partial charge in [0.25, 0.3) is 0 Å². The first kappa shape index (κ1) is 16.8. The van der Waals surface area contributed by atoms with Gasteiger partial charge in [0.05, 0.1) is 19.3 Å². The van der Waals surface area contributed by atoms with Gasteiger partial charge in [-0.1, -0.05) is 0 Å². The lowest BCUT2D eigenvalue weighted by molar-refractivity contribution is 0.0648. The number of ether oxygens (including phenoxy) is 2. The molecule has 5 heteroatoms. The Bertz CT molecular complexity index is 170. The molecule has 0 rings (SSSR count). The van der Waals surface area contributed by atoms with E-state index in [9.17, 15) is 5.11 Å². The molecule has 0 fully saturated rings. The third-order valence-electron chi connectivity index (χ3n) is 2.54. The molecular formula is C12H28N2O3.